The van der Waals surface area contributed by atoms with E-state index < -0.39 is 0 Å². The molecule has 69 heavy (non-hydrogen) atoms. The number of rotatable bonds is 3. The van der Waals surface area contributed by atoms with Gasteiger partial charge in [0.2, 0.25) is 0 Å². The number of nitrogens with zero attached hydrogens (tertiary/aromatic N) is 1. The number of hydrogen-bond donors (Lipinski definition) is 0. The quantitative estimate of drug-likeness (QED) is 0.164. The van der Waals surface area contributed by atoms with Crippen molar-refractivity contribution in [3.63, 3.8) is 0 Å². The van der Waals surface area contributed by atoms with Gasteiger partial charge in [-0.15, -0.1) is 0 Å². The normalized spacial score (nSPS) is 12.4. The second kappa shape index (κ2) is 15.9. The van der Waals surface area contributed by atoms with E-state index in [1.165, 1.54) is 91.6 Å². The first-order valence-electron chi connectivity index (χ1n) is 23.9. The Morgan fingerprint density at radius 2 is 0.681 bits per heavy atom. The first-order valence-corrected chi connectivity index (χ1v) is 23.9. The van der Waals surface area contributed by atoms with E-state index in [1.807, 2.05) is 0 Å². The van der Waals surface area contributed by atoms with Gasteiger partial charge in [0.1, 0.15) is 5.75 Å². The molecule has 0 aromatic heterocycles. The molecule has 13 aromatic carbocycles. The molecular formula is C66H42BNO. The number of anilines is 2. The molecule has 1 heterocycles. The summed E-state index contributed by atoms with van der Waals surface area (Å²) in [7, 11) is 0. The number of para-hydroxylation sites is 3. The second-order valence-corrected chi connectivity index (χ2v) is 18.2. The molecule has 320 valence electrons. The molecule has 1 aliphatic rings. The molecule has 0 amide bonds. The van der Waals surface area contributed by atoms with Gasteiger partial charge < -0.3 is 9.55 Å². The molecule has 0 radical (unpaired) electrons. The summed E-state index contributed by atoms with van der Waals surface area (Å²) < 4.78 is 7.26. The van der Waals surface area contributed by atoms with E-state index in [1.54, 1.807) is 0 Å². The molecule has 0 N–H and O–H groups in total. The first kappa shape index (κ1) is 39.3. The fraction of sp³-hybridized carbons (Fsp3) is 0. The van der Waals surface area contributed by atoms with Crippen LogP contribution in [0.3, 0.4) is 0 Å². The van der Waals surface area contributed by atoms with Crippen LogP contribution < -0.4 is 20.5 Å². The Bertz CT molecular complexity index is 4300. The van der Waals surface area contributed by atoms with Gasteiger partial charge in [0.05, 0.1) is 5.69 Å². The van der Waals surface area contributed by atoms with Crippen molar-refractivity contribution in [1.82, 2.24) is 0 Å². The Morgan fingerprint density at radius 3 is 1.17 bits per heavy atom. The SMILES string of the molecule is c1ccc(B2c3ccccc3Oc3c(-c4ccc5c6ccccc6c6cc7c8ccccc8c8ccccc8c8ccccc8c7cc6c6ccccc6c5c4)cccc3N2c2ccccc2)cc1. The van der Waals surface area contributed by atoms with Crippen LogP contribution in [-0.2, 0) is 0 Å². The largest absolute Gasteiger partial charge is 0.455 e. The van der Waals surface area contributed by atoms with Crippen molar-refractivity contribution in [2.75, 3.05) is 4.81 Å². The third-order valence-electron chi connectivity index (χ3n) is 14.5. The van der Waals surface area contributed by atoms with Crippen LogP contribution in [0, 0.1) is 0 Å². The zero-order chi connectivity index (χ0) is 45.4. The molecule has 3 heteroatoms. The van der Waals surface area contributed by atoms with Crippen LogP contribution in [-0.4, -0.2) is 6.85 Å². The molecule has 0 spiro atoms. The first-order chi connectivity index (χ1) is 34.3. The molecule has 0 unspecified atom stereocenters. The molecule has 0 aliphatic carbocycles. The fourth-order valence-electron chi connectivity index (χ4n) is 11.5. The van der Waals surface area contributed by atoms with Gasteiger partial charge in [-0.25, -0.2) is 0 Å². The van der Waals surface area contributed by atoms with E-state index in [4.69, 9.17) is 4.74 Å². The minimum atomic E-state index is -0.129. The molecule has 0 atom stereocenters. The highest BCUT2D eigenvalue weighted by Gasteiger charge is 2.37. The second-order valence-electron chi connectivity index (χ2n) is 18.2. The summed E-state index contributed by atoms with van der Waals surface area (Å²) in [6, 6.07) is 93.5. The van der Waals surface area contributed by atoms with Gasteiger partial charge in [0.15, 0.2) is 5.75 Å². The Labute approximate surface area is 400 Å². The molecule has 1 aliphatic heterocycles. The lowest BCUT2D eigenvalue weighted by Gasteiger charge is -2.31. The van der Waals surface area contributed by atoms with Crippen molar-refractivity contribution in [2.45, 2.75) is 0 Å². The maximum atomic E-state index is 7.26. The molecular weight excluding hydrogens is 834 g/mol. The zero-order valence-corrected chi connectivity index (χ0v) is 37.7. The van der Waals surface area contributed by atoms with Crippen molar-refractivity contribution in [1.29, 1.82) is 0 Å². The van der Waals surface area contributed by atoms with E-state index in [0.29, 0.717) is 0 Å². The summed E-state index contributed by atoms with van der Waals surface area (Å²) in [6.07, 6.45) is 0. The van der Waals surface area contributed by atoms with Crippen LogP contribution in [0.15, 0.2) is 255 Å². The maximum Gasteiger partial charge on any atom is 0.332 e. The van der Waals surface area contributed by atoms with Gasteiger partial charge in [-0.3, -0.25) is 0 Å². The predicted octanol–water partition coefficient (Wildman–Crippen LogP) is 16.8. The monoisotopic (exact) mass is 875 g/mol. The van der Waals surface area contributed by atoms with Gasteiger partial charge in [0.25, 0.3) is 0 Å². The van der Waals surface area contributed by atoms with E-state index in [0.717, 1.165) is 39.5 Å². The predicted molar refractivity (Wildman–Crippen MR) is 296 cm³/mol. The molecule has 0 fully saturated rings. The van der Waals surface area contributed by atoms with Gasteiger partial charge >= 0.3 is 6.85 Å². The van der Waals surface area contributed by atoms with Crippen molar-refractivity contribution < 1.29 is 4.74 Å². The van der Waals surface area contributed by atoms with Crippen molar-refractivity contribution in [3.05, 3.63) is 255 Å². The average molecular weight is 876 g/mol. The summed E-state index contributed by atoms with van der Waals surface area (Å²) in [5.41, 5.74) is 6.53. The summed E-state index contributed by atoms with van der Waals surface area (Å²) in [5.74, 6) is 1.68. The minimum Gasteiger partial charge on any atom is -0.455 e. The van der Waals surface area contributed by atoms with E-state index in [9.17, 15) is 0 Å². The Kier molecular flexibility index (Phi) is 9.03. The molecule has 0 bridgehead atoms. The van der Waals surface area contributed by atoms with Crippen LogP contribution in [0.5, 0.6) is 11.5 Å². The van der Waals surface area contributed by atoms with E-state index in [2.05, 4.69) is 260 Å². The summed E-state index contributed by atoms with van der Waals surface area (Å²) >= 11 is 0. The molecule has 13 aromatic rings. The summed E-state index contributed by atoms with van der Waals surface area (Å²) in [5, 5.41) is 19.6. The van der Waals surface area contributed by atoms with Crippen LogP contribution >= 0.6 is 0 Å². The molecule has 14 rings (SSSR count). The molecule has 0 saturated carbocycles. The van der Waals surface area contributed by atoms with E-state index in [-0.39, 0.29) is 6.85 Å². The summed E-state index contributed by atoms with van der Waals surface area (Å²) in [4.78, 5) is 2.45. The van der Waals surface area contributed by atoms with Crippen LogP contribution in [0.2, 0.25) is 0 Å². The van der Waals surface area contributed by atoms with Gasteiger partial charge in [-0.05, 0) is 140 Å². The van der Waals surface area contributed by atoms with Crippen LogP contribution in [0.4, 0.5) is 11.4 Å². The number of ether oxygens (including phenoxy) is 1. The zero-order valence-electron chi connectivity index (χ0n) is 37.7. The Balaban J connectivity index is 1.09. The highest BCUT2D eigenvalue weighted by atomic mass is 16.5. The van der Waals surface area contributed by atoms with Gasteiger partial charge in [-0.2, -0.15) is 0 Å². The third kappa shape index (κ3) is 6.21. The lowest BCUT2D eigenvalue weighted by Crippen LogP contribution is -2.54. The number of hydrogen-bond acceptors (Lipinski definition) is 2. The van der Waals surface area contributed by atoms with Crippen molar-refractivity contribution in [2.24, 2.45) is 0 Å². The summed E-state index contributed by atoms with van der Waals surface area (Å²) in [6.45, 7) is -0.129. The maximum absolute atomic E-state index is 7.26. The lowest BCUT2D eigenvalue weighted by molar-refractivity contribution is 0.491. The number of fused-ring (bicyclic) bond motifs is 18. The average Bonchev–Trinajstić information content (AvgIpc) is 3.57. The van der Waals surface area contributed by atoms with Gasteiger partial charge in [-0.1, -0.05) is 218 Å². The highest BCUT2D eigenvalue weighted by Crippen LogP contribution is 2.48. The Morgan fingerprint density at radius 1 is 0.290 bits per heavy atom. The van der Waals surface area contributed by atoms with Gasteiger partial charge in [0, 0.05) is 11.3 Å². The van der Waals surface area contributed by atoms with Crippen molar-refractivity contribution in [3.8, 4) is 22.6 Å². The van der Waals surface area contributed by atoms with Crippen LogP contribution in [0.1, 0.15) is 0 Å². The molecule has 0 saturated heterocycles. The topological polar surface area (TPSA) is 12.5 Å². The smallest absolute Gasteiger partial charge is 0.332 e. The Hall–Kier alpha value is -8.92. The fourth-order valence-corrected chi connectivity index (χ4v) is 11.5. The van der Waals surface area contributed by atoms with Crippen LogP contribution in [0.25, 0.3) is 97.3 Å². The minimum absolute atomic E-state index is 0.129. The van der Waals surface area contributed by atoms with Crippen molar-refractivity contribution >= 4 is 115 Å². The van der Waals surface area contributed by atoms with E-state index >= 15 is 0 Å². The lowest BCUT2D eigenvalue weighted by atomic mass is 9.48. The standard InChI is InChI=1S/C66H42BNO/c1-3-20-44(21-4-1)67-63-35-17-18-37-65(63)69-66-46(34-19-36-64(66)68(67)45-22-5-2-6-23-45)43-38-39-57-51-28-11-14-31-54(51)61-41-59-52-29-12-9-26-49(52)47-24-7-8-25-48(47)50-27-10-13-30-53(50)60(59)42-62(61)56-33-16-15-32-55(56)58(57)40-43/h1-42H. The highest BCUT2D eigenvalue weighted by molar-refractivity contribution is 6.89. The number of benzene rings is 11. The molecule has 2 nitrogen and oxygen atoms in total. The third-order valence-corrected chi connectivity index (χ3v) is 14.5.